The third-order valence-electron chi connectivity index (χ3n) is 0.639. The molecule has 0 saturated heterocycles. The highest BCUT2D eigenvalue weighted by Crippen LogP contribution is 1.43. The van der Waals surface area contributed by atoms with Crippen molar-refractivity contribution in [1.82, 2.24) is 0 Å². The van der Waals surface area contributed by atoms with Crippen molar-refractivity contribution in [3.63, 3.8) is 0 Å². The van der Waals surface area contributed by atoms with E-state index in [1.165, 1.54) is 8.88 Å². The highest BCUT2D eigenvalue weighted by molar-refractivity contribution is 8.80. The van der Waals surface area contributed by atoms with Crippen LogP contribution in [-0.4, -0.2) is 0 Å². The van der Waals surface area contributed by atoms with Crippen molar-refractivity contribution in [2.45, 2.75) is 0 Å². The second-order valence-electron chi connectivity index (χ2n) is 1.70. The normalized spacial score (nSPS) is 7.69. The van der Waals surface area contributed by atoms with Crippen LogP contribution in [0.4, 0.5) is 0 Å². The lowest BCUT2D eigenvalue weighted by Gasteiger charge is -1.41. The lowest BCUT2D eigenvalue weighted by atomic mass is 30.7. The van der Waals surface area contributed by atoms with E-state index in [1.807, 2.05) is 0 Å². The Morgan fingerprint density at radius 2 is 0.577 bits per heavy atom. The first-order valence-corrected chi connectivity index (χ1v) is 37.5. The Morgan fingerprint density at radius 1 is 0.346 bits per heavy atom. The summed E-state index contributed by atoms with van der Waals surface area (Å²) < 4.78 is 0. The van der Waals surface area contributed by atoms with E-state index in [9.17, 15) is 0 Å². The molecule has 0 aliphatic heterocycles. The average Bonchev–Trinajstić information content (AvgIpc) is 2.62. The molecule has 156 valence electrons. The topological polar surface area (TPSA) is 0 Å². The Balaban J connectivity index is 5.93. The van der Waals surface area contributed by atoms with Gasteiger partial charge in [-0.2, -0.15) is 0 Å². The summed E-state index contributed by atoms with van der Waals surface area (Å²) in [6.07, 6.45) is 0. The van der Waals surface area contributed by atoms with Gasteiger partial charge in [-0.15, -0.1) is 0 Å². The molecule has 0 aromatic carbocycles. The molecule has 26 heteroatoms. The minimum absolute atomic E-state index is 0.372. The summed E-state index contributed by atoms with van der Waals surface area (Å²) in [5.41, 5.74) is 0. The maximum atomic E-state index is 4.93. The van der Waals surface area contributed by atoms with Gasteiger partial charge in [-0.05, 0) is 0 Å². The molecule has 0 bridgehead atoms. The lowest BCUT2D eigenvalue weighted by molar-refractivity contribution is 5.95. The predicted octanol–water partition coefficient (Wildman–Crippen LogP) is -0.0624. The van der Waals surface area contributed by atoms with Crippen LogP contribution in [0.3, 0.4) is 0 Å². The summed E-state index contributed by atoms with van der Waals surface area (Å²) in [6.45, 7) is -0.372. The van der Waals surface area contributed by atoms with Crippen molar-refractivity contribution in [2.24, 2.45) is 0 Å². The van der Waals surface area contributed by atoms with E-state index in [-0.39, 0.29) is 6.57 Å². The Kier molecular flexibility index (Phi) is 35.1. The van der Waals surface area contributed by atoms with Gasteiger partial charge in [0.15, 0.2) is 0 Å². The molecular weight excluding hydrogens is 834 g/mol. The van der Waals surface area contributed by atoms with Gasteiger partial charge in [0.1, 0.15) is 0 Å². The summed E-state index contributed by atoms with van der Waals surface area (Å²) in [6, 6.07) is 0. The van der Waals surface area contributed by atoms with Crippen molar-refractivity contribution in [2.75, 3.05) is 0 Å². The molecule has 0 aromatic heterocycles. The maximum absolute atomic E-state index is 4.93. The molecule has 0 aromatic rings. The van der Waals surface area contributed by atoms with Crippen LogP contribution in [0, 0.1) is 0 Å². The molecular formula is S26. The van der Waals surface area contributed by atoms with Crippen LogP contribution in [0.1, 0.15) is 0 Å². The van der Waals surface area contributed by atoms with Crippen LogP contribution in [0.15, 0.2) is 0 Å². The number of hydrogen-bond acceptors (Lipinski definition) is 3. The number of hydrogen-bond donors (Lipinski definition) is 0. The Hall–Kier alpha value is 5.72. The van der Waals surface area contributed by atoms with Crippen molar-refractivity contribution >= 4 is 236 Å². The van der Waals surface area contributed by atoms with Gasteiger partial charge in [0.2, 0.25) is 0 Å². The third-order valence-corrected chi connectivity index (χ3v) is 51.7. The quantitative estimate of drug-likeness (QED) is 0.337. The first kappa shape index (κ1) is 31.7. The Morgan fingerprint density at radius 3 is 0.808 bits per heavy atom. The highest BCUT2D eigenvalue weighted by atomic mass is 33.5. The molecule has 0 atom stereocenters. The Bertz CT molecular complexity index is 1530. The van der Waals surface area contributed by atoms with Gasteiger partial charge in [0.05, 0.1) is 0 Å². The molecule has 0 fully saturated rings. The third kappa shape index (κ3) is 29.7. The fourth-order valence-electron chi connectivity index (χ4n) is 0.249. The number of rotatable bonds is 0. The lowest BCUT2D eigenvalue weighted by Crippen LogP contribution is -1.41. The zero-order valence-corrected chi connectivity index (χ0v) is 31.8. The zero-order chi connectivity index (χ0) is 19.1. The molecule has 0 amide bonds. The van der Waals surface area contributed by atoms with E-state index in [0.717, 1.165) is 0 Å². The van der Waals surface area contributed by atoms with Crippen LogP contribution in [0.2, 0.25) is 0 Å². The largest absolute Gasteiger partial charge is 0 e. The van der Waals surface area contributed by atoms with Crippen LogP contribution in [0.25, 0.3) is 0 Å². The van der Waals surface area contributed by atoms with Crippen LogP contribution in [0.5, 0.6) is 0 Å². The van der Waals surface area contributed by atoms with Crippen LogP contribution in [-0.2, 0) is 236 Å². The second-order valence-corrected chi connectivity index (χ2v) is 45.9. The maximum Gasteiger partial charge on any atom is 0 e. The summed E-state index contributed by atoms with van der Waals surface area (Å²) in [5.74, 6) is 0. The molecule has 0 spiro atoms. The summed E-state index contributed by atoms with van der Waals surface area (Å²) in [7, 11) is 38.3. The molecule has 0 rings (SSSR count). The van der Waals surface area contributed by atoms with E-state index in [4.69, 9.17) is 33.6 Å². The average molecular weight is 834 g/mol. The SMILES string of the molecule is S=S=S=S=S=S=S=S=S=S=S=S=S=S=S=S=S=S=S=S=S=S=S=S(=S)=S. The van der Waals surface area contributed by atoms with Gasteiger partial charge in [-0.3, -0.25) is 0 Å². The fraction of sp³-hybridized carbons (Fsp3) is 0. The molecule has 0 saturated carbocycles. The molecule has 0 radical (unpaired) electrons. The molecule has 0 aliphatic carbocycles. The minimum atomic E-state index is -0.372. The van der Waals surface area contributed by atoms with Gasteiger partial charge in [0, 0.05) is 236 Å². The van der Waals surface area contributed by atoms with Crippen molar-refractivity contribution < 1.29 is 0 Å². The van der Waals surface area contributed by atoms with E-state index in [1.54, 1.807) is 186 Å². The zero-order valence-electron chi connectivity index (χ0n) is 10.6. The van der Waals surface area contributed by atoms with E-state index in [0.29, 0.717) is 0 Å². The van der Waals surface area contributed by atoms with Crippen LogP contribution < -0.4 is 0 Å². The van der Waals surface area contributed by atoms with Crippen molar-refractivity contribution in [3.8, 4) is 0 Å². The molecule has 0 aliphatic rings. The molecule has 26 heavy (non-hydrogen) atoms. The van der Waals surface area contributed by atoms with Gasteiger partial charge in [0.25, 0.3) is 0 Å². The van der Waals surface area contributed by atoms with Crippen molar-refractivity contribution in [1.29, 1.82) is 0 Å². The van der Waals surface area contributed by atoms with Gasteiger partial charge >= 0.3 is 0 Å². The van der Waals surface area contributed by atoms with E-state index >= 15 is 0 Å². The first-order chi connectivity index (χ1) is 12.8. The van der Waals surface area contributed by atoms with Gasteiger partial charge < -0.3 is 0 Å². The Labute approximate surface area is 229 Å². The first-order valence-electron chi connectivity index (χ1n) is 4.17. The van der Waals surface area contributed by atoms with Crippen LogP contribution >= 0.6 is 0 Å². The summed E-state index contributed by atoms with van der Waals surface area (Å²) in [5, 5.41) is 0. The van der Waals surface area contributed by atoms with Gasteiger partial charge in [-0.1, -0.05) is 0 Å². The monoisotopic (exact) mass is 831 g/mol. The standard InChI is InChI=1S/S26/c1-4-5-6-7-8-9-10-11-12-13-14-15-16-17-18-19-20-21-22-23-24-25-26(2)3. The van der Waals surface area contributed by atoms with E-state index in [2.05, 4.69) is 0 Å². The van der Waals surface area contributed by atoms with Gasteiger partial charge in [-0.25, -0.2) is 0 Å². The smallest absolute Gasteiger partial charge is 0 e. The highest BCUT2D eigenvalue weighted by Gasteiger charge is 1.43. The fourth-order valence-corrected chi connectivity index (χ4v) is 60.6. The predicted molar refractivity (Wildman–Crippen MR) is 191 cm³/mol. The van der Waals surface area contributed by atoms with E-state index < -0.39 is 0 Å². The molecule has 0 nitrogen and oxygen atoms in total. The minimum Gasteiger partial charge on any atom is 0 e. The van der Waals surface area contributed by atoms with Crippen molar-refractivity contribution in [3.05, 3.63) is 0 Å². The summed E-state index contributed by atoms with van der Waals surface area (Å²) >= 11 is 14.6. The molecule has 0 unspecified atom stereocenters. The molecule has 0 heterocycles. The summed E-state index contributed by atoms with van der Waals surface area (Å²) in [4.78, 5) is 0. The molecule has 0 N–H and O–H groups in total. The second kappa shape index (κ2) is 28.8.